The zero-order valence-corrected chi connectivity index (χ0v) is 52.6. The smallest absolute Gasteiger partial charge is 0.317 e. The number of carbonyl (C=O) groups excluding carboxylic acids is 7. The van der Waals surface area contributed by atoms with E-state index in [4.69, 9.17) is 11.5 Å². The Hall–Kier alpha value is -9.29. The Morgan fingerprint density at radius 2 is 1.17 bits per heavy atom. The van der Waals surface area contributed by atoms with Crippen LogP contribution in [-0.2, 0) is 56.0 Å². The first-order valence-electron chi connectivity index (χ1n) is 31.3. The average Bonchev–Trinajstić information content (AvgIpc) is 1.72. The third-order valence-corrected chi connectivity index (χ3v) is 16.0. The van der Waals surface area contributed by atoms with Crippen molar-refractivity contribution in [2.45, 2.75) is 82.0 Å². The molecule has 2 heterocycles. The second-order valence-electron chi connectivity index (χ2n) is 23.2. The molecule has 93 heavy (non-hydrogen) atoms. The number of aliphatic carboxylic acids is 3. The highest BCUT2D eigenvalue weighted by atomic mass is 16.4. The SMILES string of the molecule is CN1C(=O)C(Cc2ccc(O)cc2)NC(=O)CNC(=O)C(Cc2ccc3ccccc3c2)NC(=O)C(CCCN=C(N)N)NC(=O)C1CCCNC(=O)c1ccc(NC(=O)CCCCNCCN2CCN(CC(=O)O)CCN(CC(=O)O)CCN(CC(=O)O)CC2)cc1. The molecule has 2 saturated heterocycles. The minimum Gasteiger partial charge on any atom is -0.508 e. The number of nitrogens with two attached hydrogens (primary N) is 2. The molecule has 0 radical (unpaired) electrons. The number of aliphatic imine (C=N–C) groups is 1. The number of phenolic OH excluding ortho intramolecular Hbond substituents is 1. The van der Waals surface area contributed by atoms with Crippen LogP contribution in [0, 0.1) is 0 Å². The van der Waals surface area contributed by atoms with Crippen molar-refractivity contribution in [1.29, 1.82) is 0 Å². The second-order valence-corrected chi connectivity index (χ2v) is 23.2. The molecule has 4 atom stereocenters. The summed E-state index contributed by atoms with van der Waals surface area (Å²) >= 11 is 0. The number of guanidine groups is 1. The number of fused-ring (bicyclic) bond motifs is 1. The normalized spacial score (nSPS) is 19.1. The lowest BCUT2D eigenvalue weighted by Gasteiger charge is -2.33. The topological polar surface area (TPSA) is 416 Å². The van der Waals surface area contributed by atoms with E-state index < -0.39 is 84.1 Å². The fourth-order valence-corrected chi connectivity index (χ4v) is 10.9. The molecule has 0 aromatic heterocycles. The highest BCUT2D eigenvalue weighted by Crippen LogP contribution is 2.19. The first-order valence-corrected chi connectivity index (χ1v) is 31.3. The number of aromatic hydroxyl groups is 1. The highest BCUT2D eigenvalue weighted by Gasteiger charge is 2.36. The van der Waals surface area contributed by atoms with E-state index in [1.807, 2.05) is 42.5 Å². The summed E-state index contributed by atoms with van der Waals surface area (Å²) in [6.07, 6.45) is 1.77. The van der Waals surface area contributed by atoms with Gasteiger partial charge in [-0.25, -0.2) is 0 Å². The number of hydrogen-bond acceptors (Lipinski definition) is 17. The Morgan fingerprint density at radius 3 is 1.78 bits per heavy atom. The van der Waals surface area contributed by atoms with Gasteiger partial charge in [0.25, 0.3) is 5.91 Å². The predicted molar refractivity (Wildman–Crippen MR) is 347 cm³/mol. The maximum Gasteiger partial charge on any atom is 0.317 e. The van der Waals surface area contributed by atoms with Gasteiger partial charge in [-0.1, -0.05) is 54.6 Å². The number of rotatable bonds is 28. The lowest BCUT2D eigenvalue weighted by Crippen LogP contribution is -2.58. The lowest BCUT2D eigenvalue weighted by molar-refractivity contribution is -0.142. The molecular weight excluding hydrogens is 1200 g/mol. The standard InChI is InChI=1S/C64H89N15O14/c1-75-53(11-7-24-68-59(89)46-17-19-48(20-18-46)71-54(81)12-4-5-23-67-26-27-76-28-30-77(40-56(83)84)32-34-79(42-58(87)88)35-33-78(31-29-76)41-57(85)86)62(92)73-50(10-6-25-69-64(65)66)61(91)74-51(38-44-13-16-45-8-2-3-9-47(45)36-44)60(90)70-39-55(82)72-52(63(75)93)37-43-14-21-49(80)22-15-43/h2-3,8-9,13-22,36,50-53,67,80H,4-7,10-12,23-35,37-42H2,1H3,(H,68,89)(H,70,90)(H,71,81)(H,72,82)(H,73,92)(H,74,91)(H,83,84)(H,85,86)(H,87,88)(H4,65,66,69). The Morgan fingerprint density at radius 1 is 0.591 bits per heavy atom. The van der Waals surface area contributed by atoms with Crippen molar-refractivity contribution in [2.24, 2.45) is 16.5 Å². The number of unbranched alkanes of at least 4 members (excludes halogenated alkanes) is 1. The maximum absolute atomic E-state index is 14.7. The van der Waals surface area contributed by atoms with Gasteiger partial charge in [-0.2, -0.15) is 0 Å². The Labute approximate surface area is 540 Å². The van der Waals surface area contributed by atoms with Crippen LogP contribution in [-0.4, -0.2) is 253 Å². The molecule has 4 aromatic rings. The zero-order valence-electron chi connectivity index (χ0n) is 52.6. The fourth-order valence-electron chi connectivity index (χ4n) is 10.9. The zero-order chi connectivity index (χ0) is 67.2. The Kier molecular flexibility index (Phi) is 29.7. The van der Waals surface area contributed by atoms with Gasteiger partial charge in [-0.15, -0.1) is 0 Å². The van der Waals surface area contributed by atoms with Gasteiger partial charge in [0.1, 0.15) is 29.9 Å². The van der Waals surface area contributed by atoms with E-state index in [-0.39, 0.29) is 101 Å². The van der Waals surface area contributed by atoms with Crippen LogP contribution in [0.4, 0.5) is 5.69 Å². The summed E-state index contributed by atoms with van der Waals surface area (Å²) < 4.78 is 0. The van der Waals surface area contributed by atoms with Crippen LogP contribution in [0.1, 0.15) is 66.4 Å². The molecule has 2 fully saturated rings. The fraction of sp³-hybridized carbons (Fsp3) is 0.484. The third-order valence-electron chi connectivity index (χ3n) is 16.0. The summed E-state index contributed by atoms with van der Waals surface area (Å²) in [4.78, 5) is 145. The largest absolute Gasteiger partial charge is 0.508 e. The van der Waals surface area contributed by atoms with Gasteiger partial charge in [0, 0.05) is 116 Å². The van der Waals surface area contributed by atoms with Gasteiger partial charge >= 0.3 is 17.9 Å². The highest BCUT2D eigenvalue weighted by molar-refractivity contribution is 5.98. The number of phenols is 1. The van der Waals surface area contributed by atoms with E-state index >= 15 is 0 Å². The predicted octanol–water partition coefficient (Wildman–Crippen LogP) is -0.821. The van der Waals surface area contributed by atoms with Crippen molar-refractivity contribution in [3.05, 3.63) is 108 Å². The summed E-state index contributed by atoms with van der Waals surface area (Å²) in [6.45, 7) is 3.88. The van der Waals surface area contributed by atoms with Gasteiger partial charge in [0.15, 0.2) is 5.96 Å². The van der Waals surface area contributed by atoms with Crippen LogP contribution >= 0.6 is 0 Å². The van der Waals surface area contributed by atoms with Crippen LogP contribution in [0.3, 0.4) is 0 Å². The summed E-state index contributed by atoms with van der Waals surface area (Å²) in [7, 11) is 1.39. The molecule has 2 aliphatic heterocycles. The molecule has 7 amide bonds. The van der Waals surface area contributed by atoms with Crippen LogP contribution in [0.25, 0.3) is 10.8 Å². The number of benzene rings is 4. The molecule has 0 aliphatic carbocycles. The quantitative estimate of drug-likeness (QED) is 0.0188. The van der Waals surface area contributed by atoms with Crippen molar-refractivity contribution in [2.75, 3.05) is 124 Å². The number of amides is 7. The van der Waals surface area contributed by atoms with E-state index in [0.717, 1.165) is 10.8 Å². The number of carboxylic acid groups (broad SMARTS) is 3. The number of likely N-dealkylation sites (N-methyl/N-ethyl adjacent to an activating group) is 1. The van der Waals surface area contributed by atoms with E-state index in [1.54, 1.807) is 51.1 Å². The van der Waals surface area contributed by atoms with Crippen molar-refractivity contribution in [1.82, 2.24) is 56.4 Å². The molecule has 4 aromatic carbocycles. The molecule has 29 heteroatoms. The van der Waals surface area contributed by atoms with Gasteiger partial charge in [-0.3, -0.25) is 72.5 Å². The minimum absolute atomic E-state index is 0.00959. The van der Waals surface area contributed by atoms with Crippen molar-refractivity contribution in [3.63, 3.8) is 0 Å². The average molecular weight is 1290 g/mol. The second kappa shape index (κ2) is 37.9. The molecule has 0 spiro atoms. The van der Waals surface area contributed by atoms with Crippen LogP contribution < -0.4 is 48.7 Å². The van der Waals surface area contributed by atoms with Gasteiger partial charge in [0.2, 0.25) is 35.4 Å². The van der Waals surface area contributed by atoms with E-state index in [0.29, 0.717) is 102 Å². The number of nitrogens with one attached hydrogen (secondary N) is 7. The van der Waals surface area contributed by atoms with Gasteiger partial charge in [-0.05, 0) is 103 Å². The number of hydrogen-bond donors (Lipinski definition) is 13. The molecule has 504 valence electrons. The summed E-state index contributed by atoms with van der Waals surface area (Å²) in [5.41, 5.74) is 13.2. The van der Waals surface area contributed by atoms with Gasteiger partial charge < -0.3 is 74.0 Å². The molecule has 6 rings (SSSR count). The van der Waals surface area contributed by atoms with Crippen LogP contribution in [0.5, 0.6) is 5.75 Å². The number of nitrogens with zero attached hydrogens (tertiary/aromatic N) is 6. The molecule has 0 bridgehead atoms. The van der Waals surface area contributed by atoms with Crippen molar-refractivity contribution < 1.29 is 68.4 Å². The molecule has 15 N–H and O–H groups in total. The summed E-state index contributed by atoms with van der Waals surface area (Å²) in [6, 6.07) is 20.5. The number of anilines is 1. The van der Waals surface area contributed by atoms with Crippen LogP contribution in [0.2, 0.25) is 0 Å². The molecule has 2 aliphatic rings. The van der Waals surface area contributed by atoms with E-state index in [2.05, 4.69) is 47.1 Å². The van der Waals surface area contributed by atoms with E-state index in [9.17, 15) is 68.4 Å². The first-order chi connectivity index (χ1) is 44.6. The minimum atomic E-state index is -1.27. The number of carboxylic acids is 3. The first kappa shape index (κ1) is 72.8. The summed E-state index contributed by atoms with van der Waals surface area (Å²) in [5.74, 6) is -7.45. The molecule has 4 unspecified atom stereocenters. The Balaban J connectivity index is 1.03. The van der Waals surface area contributed by atoms with Crippen molar-refractivity contribution in [3.8, 4) is 5.75 Å². The monoisotopic (exact) mass is 1290 g/mol. The van der Waals surface area contributed by atoms with Crippen molar-refractivity contribution >= 4 is 81.7 Å². The van der Waals surface area contributed by atoms with Crippen LogP contribution in [0.15, 0.2) is 96.0 Å². The number of carbonyl (C=O) groups is 10. The van der Waals surface area contributed by atoms with Gasteiger partial charge in [0.05, 0.1) is 26.2 Å². The lowest BCUT2D eigenvalue weighted by atomic mass is 10.00. The maximum atomic E-state index is 14.7. The summed E-state index contributed by atoms with van der Waals surface area (Å²) in [5, 5.41) is 60.4. The molecule has 0 saturated carbocycles. The molecular formula is C64H89N15O14. The van der Waals surface area contributed by atoms with E-state index in [1.165, 1.54) is 24.1 Å². The Bertz CT molecular complexity index is 3170. The molecule has 29 nitrogen and oxygen atoms in total. The third kappa shape index (κ3) is 26.1.